The minimum absolute atomic E-state index is 1.20. The van der Waals surface area contributed by atoms with E-state index in [1.807, 2.05) is 0 Å². The van der Waals surface area contributed by atoms with E-state index in [1.54, 1.807) is 0 Å². The molecular formula is C56H36. The molecule has 0 radical (unpaired) electrons. The highest BCUT2D eigenvalue weighted by atomic mass is 14.3. The second-order valence-electron chi connectivity index (χ2n) is 14.7. The van der Waals surface area contributed by atoms with E-state index in [2.05, 4.69) is 218 Å². The van der Waals surface area contributed by atoms with Crippen molar-refractivity contribution in [2.24, 2.45) is 0 Å². The van der Waals surface area contributed by atoms with Gasteiger partial charge in [-0.25, -0.2) is 0 Å². The summed E-state index contributed by atoms with van der Waals surface area (Å²) in [5.41, 5.74) is 12.3. The van der Waals surface area contributed by atoms with Crippen LogP contribution in [0.5, 0.6) is 0 Å². The SMILES string of the molecule is c1ccc(-c2cccc(-c3c4cccc(-c5cccc6ccccc56)c4c(-c4cccc5ccccc45)c4cccc(-c5cccc6ccccc56)c34)c2)cc1. The summed E-state index contributed by atoms with van der Waals surface area (Å²) in [6, 6.07) is 80.5. The van der Waals surface area contributed by atoms with E-state index in [1.165, 1.54) is 109 Å². The Hall–Kier alpha value is -7.28. The normalized spacial score (nSPS) is 11.6. The second kappa shape index (κ2) is 13.2. The van der Waals surface area contributed by atoms with Crippen molar-refractivity contribution in [3.05, 3.63) is 218 Å². The van der Waals surface area contributed by atoms with Gasteiger partial charge < -0.3 is 0 Å². The zero-order valence-corrected chi connectivity index (χ0v) is 30.8. The fraction of sp³-hybridized carbons (Fsp3) is 0. The van der Waals surface area contributed by atoms with Crippen LogP contribution in [0, 0.1) is 0 Å². The molecule has 0 saturated carbocycles. The minimum Gasteiger partial charge on any atom is -0.0622 e. The first-order valence-electron chi connectivity index (χ1n) is 19.4. The lowest BCUT2D eigenvalue weighted by Gasteiger charge is -2.24. The molecule has 0 heteroatoms. The van der Waals surface area contributed by atoms with Crippen molar-refractivity contribution >= 4 is 53.9 Å². The quantitative estimate of drug-likeness (QED) is 0.156. The highest BCUT2D eigenvalue weighted by Gasteiger charge is 2.24. The van der Waals surface area contributed by atoms with Crippen LogP contribution in [0.1, 0.15) is 0 Å². The van der Waals surface area contributed by atoms with Gasteiger partial charge in [0, 0.05) is 0 Å². The van der Waals surface area contributed by atoms with Crippen LogP contribution in [0.25, 0.3) is 109 Å². The predicted molar refractivity (Wildman–Crippen MR) is 241 cm³/mol. The van der Waals surface area contributed by atoms with Gasteiger partial charge in [-0.3, -0.25) is 0 Å². The summed E-state index contributed by atoms with van der Waals surface area (Å²) in [7, 11) is 0. The summed E-state index contributed by atoms with van der Waals surface area (Å²) >= 11 is 0. The Morgan fingerprint density at radius 1 is 0.196 bits per heavy atom. The van der Waals surface area contributed by atoms with Gasteiger partial charge in [0.05, 0.1) is 0 Å². The summed E-state index contributed by atoms with van der Waals surface area (Å²) in [5.74, 6) is 0. The summed E-state index contributed by atoms with van der Waals surface area (Å²) in [4.78, 5) is 0. The van der Waals surface area contributed by atoms with E-state index < -0.39 is 0 Å². The smallest absolute Gasteiger partial charge is 0.00137 e. The van der Waals surface area contributed by atoms with E-state index in [9.17, 15) is 0 Å². The topological polar surface area (TPSA) is 0 Å². The molecule has 260 valence electrons. The molecule has 0 aliphatic rings. The van der Waals surface area contributed by atoms with E-state index in [-0.39, 0.29) is 0 Å². The van der Waals surface area contributed by atoms with Crippen LogP contribution in [-0.4, -0.2) is 0 Å². The molecule has 56 heavy (non-hydrogen) atoms. The zero-order chi connectivity index (χ0) is 37.0. The molecule has 0 fully saturated rings. The fourth-order valence-electron chi connectivity index (χ4n) is 9.21. The van der Waals surface area contributed by atoms with E-state index in [0.29, 0.717) is 0 Å². The lowest BCUT2D eigenvalue weighted by Crippen LogP contribution is -1.96. The van der Waals surface area contributed by atoms with Crippen molar-refractivity contribution in [2.45, 2.75) is 0 Å². The average Bonchev–Trinajstić information content (AvgIpc) is 3.27. The van der Waals surface area contributed by atoms with Gasteiger partial charge in [0.1, 0.15) is 0 Å². The first-order chi connectivity index (χ1) is 27.8. The van der Waals surface area contributed by atoms with Crippen molar-refractivity contribution in [3.8, 4) is 55.6 Å². The average molecular weight is 709 g/mol. The van der Waals surface area contributed by atoms with Gasteiger partial charge in [0.25, 0.3) is 0 Å². The number of fused-ring (bicyclic) bond motifs is 5. The van der Waals surface area contributed by atoms with Crippen molar-refractivity contribution in [2.75, 3.05) is 0 Å². The third-order valence-electron chi connectivity index (χ3n) is 11.6. The number of hydrogen-bond donors (Lipinski definition) is 0. The Labute approximate surface area is 326 Å². The Kier molecular flexibility index (Phi) is 7.60. The summed E-state index contributed by atoms with van der Waals surface area (Å²) in [6.07, 6.45) is 0. The lowest BCUT2D eigenvalue weighted by atomic mass is 9.79. The van der Waals surface area contributed by atoms with E-state index in [0.717, 1.165) is 0 Å². The molecule has 0 saturated heterocycles. The molecule has 11 aromatic rings. The Balaban J connectivity index is 1.38. The minimum atomic E-state index is 1.20. The Bertz CT molecular complexity index is 3280. The van der Waals surface area contributed by atoms with Gasteiger partial charge in [-0.15, -0.1) is 0 Å². The van der Waals surface area contributed by atoms with Gasteiger partial charge >= 0.3 is 0 Å². The highest BCUT2D eigenvalue weighted by Crippen LogP contribution is 2.52. The van der Waals surface area contributed by atoms with Gasteiger partial charge in [0.2, 0.25) is 0 Å². The van der Waals surface area contributed by atoms with Crippen LogP contribution in [0.2, 0.25) is 0 Å². The summed E-state index contributed by atoms with van der Waals surface area (Å²) in [5, 5.41) is 12.5. The van der Waals surface area contributed by atoms with E-state index >= 15 is 0 Å². The molecule has 0 aliphatic carbocycles. The van der Waals surface area contributed by atoms with Gasteiger partial charge in [-0.2, -0.15) is 0 Å². The maximum absolute atomic E-state index is 2.39. The second-order valence-corrected chi connectivity index (χ2v) is 14.7. The molecular weight excluding hydrogens is 673 g/mol. The van der Waals surface area contributed by atoms with Crippen LogP contribution in [-0.2, 0) is 0 Å². The van der Waals surface area contributed by atoms with E-state index in [4.69, 9.17) is 0 Å². The van der Waals surface area contributed by atoms with Crippen molar-refractivity contribution < 1.29 is 0 Å². The monoisotopic (exact) mass is 708 g/mol. The van der Waals surface area contributed by atoms with Crippen LogP contribution >= 0.6 is 0 Å². The van der Waals surface area contributed by atoms with Gasteiger partial charge in [0.15, 0.2) is 0 Å². The fourth-order valence-corrected chi connectivity index (χ4v) is 9.21. The first kappa shape index (κ1) is 32.2. The molecule has 0 spiro atoms. The highest BCUT2D eigenvalue weighted by molar-refractivity contribution is 6.30. The Morgan fingerprint density at radius 2 is 0.554 bits per heavy atom. The number of hydrogen-bond acceptors (Lipinski definition) is 0. The summed E-state index contributed by atoms with van der Waals surface area (Å²) in [6.45, 7) is 0. The molecule has 11 rings (SSSR count). The zero-order valence-electron chi connectivity index (χ0n) is 30.8. The van der Waals surface area contributed by atoms with Crippen LogP contribution in [0.3, 0.4) is 0 Å². The van der Waals surface area contributed by atoms with Crippen LogP contribution in [0.4, 0.5) is 0 Å². The largest absolute Gasteiger partial charge is 0.0622 e. The lowest BCUT2D eigenvalue weighted by molar-refractivity contribution is 1.61. The predicted octanol–water partition coefficient (Wildman–Crippen LogP) is 15.8. The molecule has 0 amide bonds. The summed E-state index contributed by atoms with van der Waals surface area (Å²) < 4.78 is 0. The van der Waals surface area contributed by atoms with Crippen LogP contribution < -0.4 is 0 Å². The maximum atomic E-state index is 2.39. The molecule has 0 aliphatic heterocycles. The molecule has 0 nitrogen and oxygen atoms in total. The third-order valence-corrected chi connectivity index (χ3v) is 11.6. The standard InChI is InChI=1S/C56H36/c1-2-16-37(17-3-1)41-24-10-25-42(36-41)53-51-34-14-33-50(47-30-12-22-39-19-5-8-27-44(39)47)56(51)55(48-31-13-23-40-20-6-9-28-45(40)48)52-35-15-32-49(54(52)53)46-29-11-21-38-18-4-7-26-43(38)46/h1-36H. The van der Waals surface area contributed by atoms with Crippen LogP contribution in [0.15, 0.2) is 218 Å². The molecule has 11 aromatic carbocycles. The molecule has 0 N–H and O–H groups in total. The molecule has 0 unspecified atom stereocenters. The Morgan fingerprint density at radius 3 is 1.14 bits per heavy atom. The van der Waals surface area contributed by atoms with Crippen molar-refractivity contribution in [1.29, 1.82) is 0 Å². The molecule has 0 aromatic heterocycles. The maximum Gasteiger partial charge on any atom is -0.00137 e. The molecule has 0 bridgehead atoms. The molecule has 0 atom stereocenters. The van der Waals surface area contributed by atoms with Crippen molar-refractivity contribution in [1.82, 2.24) is 0 Å². The first-order valence-corrected chi connectivity index (χ1v) is 19.4. The third kappa shape index (κ3) is 5.15. The number of benzene rings is 11. The van der Waals surface area contributed by atoms with Gasteiger partial charge in [-0.05, 0) is 116 Å². The van der Waals surface area contributed by atoms with Gasteiger partial charge in [-0.1, -0.05) is 212 Å². The van der Waals surface area contributed by atoms with Crippen molar-refractivity contribution in [3.63, 3.8) is 0 Å². The number of rotatable bonds is 5. The molecule has 0 heterocycles.